The van der Waals surface area contributed by atoms with E-state index in [1.54, 1.807) is 18.2 Å². The van der Waals surface area contributed by atoms with Gasteiger partial charge in [-0.15, -0.1) is 0 Å². The largest absolute Gasteiger partial charge is 0.546 e. The van der Waals surface area contributed by atoms with Gasteiger partial charge in [-0.05, 0) is 30.3 Å². The van der Waals surface area contributed by atoms with E-state index >= 15 is 0 Å². The lowest BCUT2D eigenvalue weighted by molar-refractivity contribution is -0.307. The van der Waals surface area contributed by atoms with Gasteiger partial charge in [-0.3, -0.25) is 9.59 Å². The first-order chi connectivity index (χ1) is 12.4. The van der Waals surface area contributed by atoms with Gasteiger partial charge in [0.1, 0.15) is 12.4 Å². The number of benzene rings is 2. The summed E-state index contributed by atoms with van der Waals surface area (Å²) >= 11 is 0. The zero-order valence-electron chi connectivity index (χ0n) is 14.1. The minimum absolute atomic E-state index is 0.203. The Balaban J connectivity index is 2.13. The van der Waals surface area contributed by atoms with Gasteiger partial charge in [-0.1, -0.05) is 6.07 Å². The van der Waals surface area contributed by atoms with Crippen LogP contribution in [-0.2, 0) is 9.59 Å². The Morgan fingerprint density at radius 1 is 1.08 bits per heavy atom. The number of esters is 1. The number of hydrogen-bond donors (Lipinski definition) is 1. The van der Waals surface area contributed by atoms with E-state index in [-0.39, 0.29) is 22.8 Å². The molecule has 0 aromatic heterocycles. The summed E-state index contributed by atoms with van der Waals surface area (Å²) in [6.07, 6.45) is 0. The predicted molar refractivity (Wildman–Crippen MR) is 89.2 cm³/mol. The lowest BCUT2D eigenvalue weighted by atomic mass is 10.1. The molecule has 0 unspecified atom stereocenters. The zero-order valence-corrected chi connectivity index (χ0v) is 14.1. The maximum atomic E-state index is 12.4. The van der Waals surface area contributed by atoms with Crippen LogP contribution in [0.3, 0.4) is 0 Å². The monoisotopic (exact) mass is 358 g/mol. The van der Waals surface area contributed by atoms with Gasteiger partial charge >= 0.3 is 5.97 Å². The molecule has 1 amide bonds. The number of ether oxygens (including phenoxy) is 3. The Morgan fingerprint density at radius 3 is 2.50 bits per heavy atom. The van der Waals surface area contributed by atoms with Crippen molar-refractivity contribution in [3.63, 3.8) is 0 Å². The van der Waals surface area contributed by atoms with Crippen LogP contribution in [-0.4, -0.2) is 31.6 Å². The molecule has 0 radical (unpaired) electrons. The number of carboxylic acid groups (broad SMARTS) is 1. The second kappa shape index (κ2) is 8.52. The molecule has 136 valence electrons. The molecule has 0 aliphatic carbocycles. The van der Waals surface area contributed by atoms with Gasteiger partial charge in [0.05, 0.1) is 13.1 Å². The summed E-state index contributed by atoms with van der Waals surface area (Å²) in [7, 11) is 1.39. The molecule has 26 heavy (non-hydrogen) atoms. The van der Waals surface area contributed by atoms with Gasteiger partial charge in [0.25, 0.3) is 5.91 Å². The van der Waals surface area contributed by atoms with Crippen LogP contribution in [0.5, 0.6) is 17.2 Å². The average molecular weight is 358 g/mol. The van der Waals surface area contributed by atoms with Gasteiger partial charge in [-0.2, -0.15) is 0 Å². The third-order valence-corrected chi connectivity index (χ3v) is 3.13. The van der Waals surface area contributed by atoms with Crippen molar-refractivity contribution < 1.29 is 33.7 Å². The molecule has 8 heteroatoms. The maximum Gasteiger partial charge on any atom is 0.308 e. The van der Waals surface area contributed by atoms with Crippen molar-refractivity contribution in [2.45, 2.75) is 6.92 Å². The molecule has 0 atom stereocenters. The Morgan fingerprint density at radius 2 is 1.85 bits per heavy atom. The lowest BCUT2D eigenvalue weighted by Crippen LogP contribution is -2.28. The number of carbonyl (C=O) groups is 3. The summed E-state index contributed by atoms with van der Waals surface area (Å²) in [4.78, 5) is 33.9. The number of hydrogen-bond acceptors (Lipinski definition) is 7. The standard InChI is InChI=1S/C18H17NO7/c1-11(20)26-15-7-6-12(8-16(15)24-2)18(23)19-13-4-3-5-14(9-13)25-10-17(21)22/h3-9H,10H2,1-2H3,(H,19,23)(H,21,22)/p-1. The van der Waals surface area contributed by atoms with E-state index in [0.717, 1.165) is 0 Å². The fourth-order valence-corrected chi connectivity index (χ4v) is 2.06. The average Bonchev–Trinajstić information content (AvgIpc) is 2.60. The first-order valence-corrected chi connectivity index (χ1v) is 7.49. The quantitative estimate of drug-likeness (QED) is 0.580. The van der Waals surface area contributed by atoms with E-state index in [4.69, 9.17) is 14.2 Å². The number of nitrogens with one attached hydrogen (secondary N) is 1. The van der Waals surface area contributed by atoms with E-state index in [1.807, 2.05) is 0 Å². The lowest BCUT2D eigenvalue weighted by Gasteiger charge is -2.11. The van der Waals surface area contributed by atoms with Crippen LogP contribution in [0, 0.1) is 0 Å². The highest BCUT2D eigenvalue weighted by molar-refractivity contribution is 6.04. The zero-order chi connectivity index (χ0) is 19.1. The van der Waals surface area contributed by atoms with Crippen LogP contribution in [0.15, 0.2) is 42.5 Å². The van der Waals surface area contributed by atoms with Gasteiger partial charge < -0.3 is 29.4 Å². The molecule has 0 saturated heterocycles. The summed E-state index contributed by atoms with van der Waals surface area (Å²) in [5, 5.41) is 13.1. The molecular weight excluding hydrogens is 342 g/mol. The van der Waals surface area contributed by atoms with Crippen molar-refractivity contribution in [2.24, 2.45) is 0 Å². The summed E-state index contributed by atoms with van der Waals surface area (Å²) < 4.78 is 15.1. The SMILES string of the molecule is COc1cc(C(=O)Nc2cccc(OCC(=O)[O-])c2)ccc1OC(C)=O. The highest BCUT2D eigenvalue weighted by atomic mass is 16.6. The molecule has 0 bridgehead atoms. The molecule has 0 aliphatic rings. The van der Waals surface area contributed by atoms with Crippen molar-refractivity contribution >= 4 is 23.5 Å². The third kappa shape index (κ3) is 5.23. The summed E-state index contributed by atoms with van der Waals surface area (Å²) in [6.45, 7) is 0.668. The number of amides is 1. The fraction of sp³-hybridized carbons (Fsp3) is 0.167. The highest BCUT2D eigenvalue weighted by Crippen LogP contribution is 2.28. The van der Waals surface area contributed by atoms with Crippen LogP contribution >= 0.6 is 0 Å². The van der Waals surface area contributed by atoms with Crippen LogP contribution in [0.25, 0.3) is 0 Å². The molecular formula is C18H16NO7-. The second-order valence-electron chi connectivity index (χ2n) is 5.10. The molecule has 2 aromatic carbocycles. The summed E-state index contributed by atoms with van der Waals surface area (Å²) in [5.41, 5.74) is 0.688. The number of carbonyl (C=O) groups excluding carboxylic acids is 3. The molecule has 1 N–H and O–H groups in total. The molecule has 8 nitrogen and oxygen atoms in total. The van der Waals surface area contributed by atoms with E-state index in [9.17, 15) is 19.5 Å². The number of methoxy groups -OCH3 is 1. The number of anilines is 1. The Labute approximate surface area is 149 Å². The van der Waals surface area contributed by atoms with Crippen molar-refractivity contribution in [2.75, 3.05) is 19.0 Å². The van der Waals surface area contributed by atoms with Gasteiger partial charge in [0, 0.05) is 24.2 Å². The fourth-order valence-electron chi connectivity index (χ4n) is 2.06. The predicted octanol–water partition coefficient (Wildman–Crippen LogP) is 1.00. The molecule has 0 aliphatic heterocycles. The molecule has 2 aromatic rings. The van der Waals surface area contributed by atoms with E-state index < -0.39 is 24.5 Å². The van der Waals surface area contributed by atoms with Crippen molar-refractivity contribution in [3.05, 3.63) is 48.0 Å². The number of rotatable bonds is 7. The Bertz CT molecular complexity index is 832. The van der Waals surface area contributed by atoms with Crippen LogP contribution in [0.1, 0.15) is 17.3 Å². The molecule has 0 heterocycles. The summed E-state index contributed by atoms with van der Waals surface area (Å²) in [6, 6.07) is 10.6. The number of carboxylic acids is 1. The van der Waals surface area contributed by atoms with Crippen molar-refractivity contribution in [1.82, 2.24) is 0 Å². The molecule has 0 spiro atoms. The number of aliphatic carboxylic acids is 1. The van der Waals surface area contributed by atoms with Crippen molar-refractivity contribution in [3.8, 4) is 17.2 Å². The first-order valence-electron chi connectivity index (χ1n) is 7.49. The van der Waals surface area contributed by atoms with Gasteiger partial charge in [-0.25, -0.2) is 0 Å². The Hall–Kier alpha value is -3.55. The third-order valence-electron chi connectivity index (χ3n) is 3.13. The first kappa shape index (κ1) is 18.8. The highest BCUT2D eigenvalue weighted by Gasteiger charge is 2.13. The van der Waals surface area contributed by atoms with Crippen LogP contribution in [0.4, 0.5) is 5.69 Å². The minimum Gasteiger partial charge on any atom is -0.546 e. The van der Waals surface area contributed by atoms with Crippen LogP contribution < -0.4 is 24.6 Å². The second-order valence-corrected chi connectivity index (χ2v) is 5.10. The maximum absolute atomic E-state index is 12.4. The van der Waals surface area contributed by atoms with Crippen LogP contribution in [0.2, 0.25) is 0 Å². The molecule has 2 rings (SSSR count). The van der Waals surface area contributed by atoms with Gasteiger partial charge in [0.15, 0.2) is 11.5 Å². The van der Waals surface area contributed by atoms with E-state index in [0.29, 0.717) is 5.69 Å². The van der Waals surface area contributed by atoms with E-state index in [1.165, 1.54) is 38.3 Å². The normalized spacial score (nSPS) is 9.92. The summed E-state index contributed by atoms with van der Waals surface area (Å²) in [5.74, 6) is -1.58. The molecule has 0 saturated carbocycles. The van der Waals surface area contributed by atoms with E-state index in [2.05, 4.69) is 5.32 Å². The topological polar surface area (TPSA) is 114 Å². The minimum atomic E-state index is -1.35. The molecule has 0 fully saturated rings. The smallest absolute Gasteiger partial charge is 0.308 e. The van der Waals surface area contributed by atoms with Crippen molar-refractivity contribution in [1.29, 1.82) is 0 Å². The van der Waals surface area contributed by atoms with Gasteiger partial charge in [0.2, 0.25) is 0 Å². The Kier molecular flexibility index (Phi) is 6.15.